The number of ether oxygens (including phenoxy) is 9. The molecule has 1 N–H and O–H groups in total. The Kier molecular flexibility index (Phi) is 10.9. The zero-order valence-corrected chi connectivity index (χ0v) is 22.6. The van der Waals surface area contributed by atoms with Gasteiger partial charge in [0.1, 0.15) is 23.9 Å². The lowest BCUT2D eigenvalue weighted by atomic mass is 9.88. The molecule has 38 heavy (non-hydrogen) atoms. The van der Waals surface area contributed by atoms with Gasteiger partial charge in [0.05, 0.1) is 72.7 Å². The summed E-state index contributed by atoms with van der Waals surface area (Å²) in [6, 6.07) is 9.60. The molecule has 0 aliphatic carbocycles. The lowest BCUT2D eigenvalue weighted by Crippen LogP contribution is -2.65. The van der Waals surface area contributed by atoms with Gasteiger partial charge in [0.25, 0.3) is 0 Å². The van der Waals surface area contributed by atoms with Gasteiger partial charge in [-0.25, -0.2) is 0 Å². The minimum Gasteiger partial charge on any atom is -0.377 e. The zero-order valence-electron chi connectivity index (χ0n) is 22.6. The first-order chi connectivity index (χ1) is 18.4. The highest BCUT2D eigenvalue weighted by Gasteiger charge is 2.66. The number of rotatable bonds is 17. The van der Waals surface area contributed by atoms with Gasteiger partial charge in [0.15, 0.2) is 12.1 Å². The molecule has 3 aliphatic rings. The SMILES string of the molecule is CC(=O)NC1C2OCC(COCCOCCOCCOCCOCc3ccccc3)(O2)C2OC(C)(C)OC12. The van der Waals surface area contributed by atoms with Crippen LogP contribution in [0.3, 0.4) is 0 Å². The number of amides is 1. The van der Waals surface area contributed by atoms with Gasteiger partial charge < -0.3 is 47.9 Å². The molecule has 1 aromatic rings. The van der Waals surface area contributed by atoms with Crippen LogP contribution in [-0.4, -0.2) is 108 Å². The van der Waals surface area contributed by atoms with Crippen molar-refractivity contribution in [2.75, 3.05) is 66.1 Å². The van der Waals surface area contributed by atoms with Gasteiger partial charge in [-0.2, -0.15) is 0 Å². The van der Waals surface area contributed by atoms with E-state index in [9.17, 15) is 4.79 Å². The number of carbonyl (C=O) groups excluding carboxylic acids is 1. The Morgan fingerprint density at radius 1 is 0.868 bits per heavy atom. The van der Waals surface area contributed by atoms with Gasteiger partial charge in [-0.05, 0) is 19.4 Å². The average Bonchev–Trinajstić information content (AvgIpc) is 3.44. The van der Waals surface area contributed by atoms with E-state index in [4.69, 9.17) is 42.6 Å². The first-order valence-corrected chi connectivity index (χ1v) is 13.2. The molecule has 3 heterocycles. The Hall–Kier alpha value is -1.67. The number of nitrogens with one attached hydrogen (secondary N) is 1. The van der Waals surface area contributed by atoms with E-state index >= 15 is 0 Å². The van der Waals surface area contributed by atoms with Gasteiger partial charge >= 0.3 is 0 Å². The van der Waals surface area contributed by atoms with Crippen LogP contribution in [0.1, 0.15) is 26.3 Å². The van der Waals surface area contributed by atoms with Gasteiger partial charge in [-0.3, -0.25) is 4.79 Å². The smallest absolute Gasteiger partial charge is 0.217 e. The van der Waals surface area contributed by atoms with Crippen LogP contribution in [0.25, 0.3) is 0 Å². The van der Waals surface area contributed by atoms with Crippen molar-refractivity contribution in [1.29, 1.82) is 0 Å². The van der Waals surface area contributed by atoms with Crippen molar-refractivity contribution >= 4 is 5.91 Å². The quantitative estimate of drug-likeness (QED) is 0.292. The Morgan fingerprint density at radius 3 is 2.11 bits per heavy atom. The van der Waals surface area contributed by atoms with Crippen molar-refractivity contribution in [1.82, 2.24) is 5.32 Å². The van der Waals surface area contributed by atoms with Crippen molar-refractivity contribution in [3.8, 4) is 0 Å². The summed E-state index contributed by atoms with van der Waals surface area (Å²) in [5.41, 5.74) is 0.352. The van der Waals surface area contributed by atoms with Gasteiger partial charge in [0.2, 0.25) is 5.91 Å². The highest BCUT2D eigenvalue weighted by Crippen LogP contribution is 2.46. The molecule has 0 spiro atoms. The van der Waals surface area contributed by atoms with Crippen molar-refractivity contribution in [2.45, 2.75) is 63.3 Å². The maximum atomic E-state index is 11.7. The average molecular weight is 540 g/mol. The molecule has 0 radical (unpaired) electrons. The monoisotopic (exact) mass is 539 g/mol. The second-order valence-electron chi connectivity index (χ2n) is 10.0. The lowest BCUT2D eigenvalue weighted by Gasteiger charge is -2.42. The van der Waals surface area contributed by atoms with Crippen molar-refractivity contribution < 1.29 is 47.4 Å². The van der Waals surface area contributed by atoms with E-state index in [-0.39, 0.29) is 12.5 Å². The zero-order chi connectivity index (χ0) is 26.8. The van der Waals surface area contributed by atoms with E-state index in [2.05, 4.69) is 5.32 Å². The fraction of sp³-hybridized carbons (Fsp3) is 0.741. The molecule has 3 saturated heterocycles. The Labute approximate surface area is 224 Å². The first-order valence-electron chi connectivity index (χ1n) is 13.2. The van der Waals surface area contributed by atoms with Crippen LogP contribution in [0.15, 0.2) is 30.3 Å². The van der Waals surface area contributed by atoms with Crippen molar-refractivity contribution in [3.63, 3.8) is 0 Å². The molecule has 3 aliphatic heterocycles. The summed E-state index contributed by atoms with van der Waals surface area (Å²) in [7, 11) is 0. The normalized spacial score (nSPS) is 29.3. The molecule has 1 aromatic carbocycles. The predicted octanol–water partition coefficient (Wildman–Crippen LogP) is 1.42. The summed E-state index contributed by atoms with van der Waals surface area (Å²) < 4.78 is 52.4. The number of carbonyl (C=O) groups is 1. The lowest BCUT2D eigenvalue weighted by molar-refractivity contribution is -0.214. The van der Waals surface area contributed by atoms with Crippen LogP contribution in [0.5, 0.6) is 0 Å². The summed E-state index contributed by atoms with van der Waals surface area (Å²) in [4.78, 5) is 11.7. The highest BCUT2D eigenvalue weighted by atomic mass is 16.8. The Balaban J connectivity index is 1.01. The third-order valence-corrected chi connectivity index (χ3v) is 6.45. The van der Waals surface area contributed by atoms with Gasteiger partial charge in [-0.15, -0.1) is 0 Å². The molecule has 0 aromatic heterocycles. The molecule has 4 rings (SSSR count). The van der Waals surface area contributed by atoms with E-state index in [1.807, 2.05) is 44.2 Å². The number of hydrogen-bond donors (Lipinski definition) is 1. The summed E-state index contributed by atoms with van der Waals surface area (Å²) in [6.45, 7) is 10.1. The third-order valence-electron chi connectivity index (χ3n) is 6.45. The van der Waals surface area contributed by atoms with E-state index in [1.54, 1.807) is 0 Å². The number of benzene rings is 1. The fourth-order valence-electron chi connectivity index (χ4n) is 4.79. The minimum atomic E-state index is -0.798. The number of hydrogen-bond acceptors (Lipinski definition) is 10. The molecular formula is C27H41NO10. The molecule has 5 unspecified atom stereocenters. The summed E-state index contributed by atoms with van der Waals surface area (Å²) in [5.74, 6) is -0.973. The molecule has 0 saturated carbocycles. The summed E-state index contributed by atoms with van der Waals surface area (Å²) in [6.07, 6.45) is -1.43. The van der Waals surface area contributed by atoms with Crippen LogP contribution >= 0.6 is 0 Å². The van der Waals surface area contributed by atoms with Crippen molar-refractivity contribution in [2.24, 2.45) is 0 Å². The largest absolute Gasteiger partial charge is 0.377 e. The predicted molar refractivity (Wildman–Crippen MR) is 134 cm³/mol. The van der Waals surface area contributed by atoms with E-state index in [0.29, 0.717) is 66.1 Å². The van der Waals surface area contributed by atoms with E-state index in [1.165, 1.54) is 6.92 Å². The molecular weight excluding hydrogens is 498 g/mol. The topological polar surface area (TPSA) is 112 Å². The van der Waals surface area contributed by atoms with E-state index in [0.717, 1.165) is 5.56 Å². The summed E-state index contributed by atoms with van der Waals surface area (Å²) >= 11 is 0. The van der Waals surface area contributed by atoms with Crippen LogP contribution in [-0.2, 0) is 54.0 Å². The highest BCUT2D eigenvalue weighted by molar-refractivity contribution is 5.73. The van der Waals surface area contributed by atoms with Crippen molar-refractivity contribution in [3.05, 3.63) is 35.9 Å². The molecule has 1 amide bonds. The number of fused-ring (bicyclic) bond motifs is 4. The molecule has 2 bridgehead atoms. The summed E-state index contributed by atoms with van der Waals surface area (Å²) in [5, 5.41) is 2.88. The second-order valence-corrected chi connectivity index (χ2v) is 10.0. The first kappa shape index (κ1) is 29.3. The molecule has 5 atom stereocenters. The second kappa shape index (κ2) is 14.1. The molecule has 11 heteroatoms. The minimum absolute atomic E-state index is 0.178. The Morgan fingerprint density at radius 2 is 1.47 bits per heavy atom. The fourth-order valence-corrected chi connectivity index (χ4v) is 4.79. The van der Waals surface area contributed by atoms with Gasteiger partial charge in [0, 0.05) is 6.92 Å². The molecule has 3 fully saturated rings. The molecule has 11 nitrogen and oxygen atoms in total. The maximum absolute atomic E-state index is 11.7. The maximum Gasteiger partial charge on any atom is 0.217 e. The van der Waals surface area contributed by atoms with Crippen LogP contribution in [0.4, 0.5) is 0 Å². The van der Waals surface area contributed by atoms with Crippen LogP contribution < -0.4 is 5.32 Å². The standard InChI is InChI=1S/C27H41NO10/c1-20(29)28-22-23-24(37-26(2,3)36-23)27(19-35-25(22)38-27)18-34-16-14-32-12-10-30-9-11-31-13-15-33-17-21-7-5-4-6-8-21/h4-8,22-25H,9-19H2,1-3H3,(H,28,29). The van der Waals surface area contributed by atoms with Gasteiger partial charge in [-0.1, -0.05) is 30.3 Å². The van der Waals surface area contributed by atoms with Crippen LogP contribution in [0.2, 0.25) is 0 Å². The van der Waals surface area contributed by atoms with E-state index < -0.39 is 35.9 Å². The molecule has 214 valence electrons. The third kappa shape index (κ3) is 8.17. The Bertz CT molecular complexity index is 856. The van der Waals surface area contributed by atoms with Crippen LogP contribution in [0, 0.1) is 0 Å².